The molecule has 0 radical (unpaired) electrons. The topological polar surface area (TPSA) is 95.9 Å². The van der Waals surface area contributed by atoms with Crippen LogP contribution in [-0.4, -0.2) is 64.7 Å². The smallest absolute Gasteiger partial charge is 0.407 e. The van der Waals surface area contributed by atoms with E-state index in [4.69, 9.17) is 4.74 Å². The second-order valence-electron chi connectivity index (χ2n) is 9.05. The first-order valence-corrected chi connectivity index (χ1v) is 13.3. The molecule has 2 aliphatic rings. The molecule has 1 aliphatic heterocycles. The molecule has 0 spiro atoms. The third-order valence-corrected chi connectivity index (χ3v) is 7.86. The van der Waals surface area contributed by atoms with Crippen LogP contribution in [0.25, 0.3) is 11.1 Å². The number of amides is 2. The monoisotopic (exact) mass is 496 g/mol. The van der Waals surface area contributed by atoms with E-state index in [-0.39, 0.29) is 37.4 Å². The lowest BCUT2D eigenvalue weighted by atomic mass is 9.98. The van der Waals surface area contributed by atoms with Crippen molar-refractivity contribution in [3.8, 4) is 11.1 Å². The average molecular weight is 497 g/mol. The van der Waals surface area contributed by atoms with Gasteiger partial charge in [-0.2, -0.15) is 0 Å². The molecule has 0 saturated carbocycles. The number of hydrogen-bond donors (Lipinski definition) is 2. The van der Waals surface area contributed by atoms with Gasteiger partial charge in [0.15, 0.2) is 0 Å². The van der Waals surface area contributed by atoms with Gasteiger partial charge in [-0.3, -0.25) is 9.59 Å². The van der Waals surface area contributed by atoms with Gasteiger partial charge in [0, 0.05) is 37.2 Å². The molecular formula is C27H32N2O5S. The van der Waals surface area contributed by atoms with Crippen molar-refractivity contribution in [2.75, 3.05) is 25.4 Å². The summed E-state index contributed by atoms with van der Waals surface area (Å²) in [5, 5.41) is 11.6. The van der Waals surface area contributed by atoms with Gasteiger partial charge in [-0.25, -0.2) is 4.79 Å². The maximum Gasteiger partial charge on any atom is 0.407 e. The first kappa shape index (κ1) is 25.1. The Labute approximate surface area is 210 Å². The third kappa shape index (κ3) is 5.99. The maximum atomic E-state index is 12.9. The van der Waals surface area contributed by atoms with Crippen molar-refractivity contribution in [1.29, 1.82) is 0 Å². The molecule has 186 valence electrons. The molecule has 35 heavy (non-hydrogen) atoms. The molecule has 8 heteroatoms. The number of nitrogens with one attached hydrogen (secondary N) is 1. The molecule has 2 unspecified atom stereocenters. The molecule has 4 rings (SSSR count). The van der Waals surface area contributed by atoms with E-state index in [0.717, 1.165) is 24.0 Å². The molecule has 0 aromatic heterocycles. The zero-order valence-electron chi connectivity index (χ0n) is 19.9. The summed E-state index contributed by atoms with van der Waals surface area (Å²) in [7, 11) is 0. The summed E-state index contributed by atoms with van der Waals surface area (Å²) in [6.07, 6.45) is 2.09. The van der Waals surface area contributed by atoms with E-state index in [2.05, 4.69) is 36.5 Å². The van der Waals surface area contributed by atoms with Gasteiger partial charge in [0.25, 0.3) is 0 Å². The van der Waals surface area contributed by atoms with Crippen LogP contribution in [0.5, 0.6) is 0 Å². The number of benzene rings is 2. The Morgan fingerprint density at radius 1 is 1.11 bits per heavy atom. The predicted molar refractivity (Wildman–Crippen MR) is 137 cm³/mol. The lowest BCUT2D eigenvalue weighted by molar-refractivity contribution is -0.138. The van der Waals surface area contributed by atoms with Gasteiger partial charge < -0.3 is 20.1 Å². The van der Waals surface area contributed by atoms with Gasteiger partial charge >= 0.3 is 12.1 Å². The van der Waals surface area contributed by atoms with Crippen molar-refractivity contribution >= 4 is 29.7 Å². The van der Waals surface area contributed by atoms with E-state index < -0.39 is 17.3 Å². The molecule has 2 aromatic carbocycles. The van der Waals surface area contributed by atoms with Crippen molar-refractivity contribution < 1.29 is 24.2 Å². The maximum absolute atomic E-state index is 12.9. The van der Waals surface area contributed by atoms with Gasteiger partial charge in [0.1, 0.15) is 11.9 Å². The van der Waals surface area contributed by atoms with Gasteiger partial charge in [-0.1, -0.05) is 68.3 Å². The lowest BCUT2D eigenvalue weighted by Gasteiger charge is -2.31. The Hall–Kier alpha value is -3.00. The second kappa shape index (κ2) is 11.6. The van der Waals surface area contributed by atoms with Crippen molar-refractivity contribution in [2.45, 2.75) is 49.8 Å². The number of carbonyl (C=O) groups excluding carboxylic acids is 2. The highest BCUT2D eigenvalue weighted by Crippen LogP contribution is 2.44. The van der Waals surface area contributed by atoms with Crippen molar-refractivity contribution in [3.05, 3.63) is 59.7 Å². The molecule has 2 atom stereocenters. The molecular weight excluding hydrogens is 464 g/mol. The number of aliphatic carboxylic acids is 1. The molecule has 1 heterocycles. The number of fused-ring (bicyclic) bond motifs is 3. The number of thioether (sulfide) groups is 1. The highest BCUT2D eigenvalue weighted by molar-refractivity contribution is 8.00. The SMILES string of the molecule is CCCCC(CC(=O)N1CCSC(C(=O)O)C1)NC(=O)OCC1c2ccccc2-c2ccccc21. The van der Waals surface area contributed by atoms with Crippen LogP contribution < -0.4 is 5.32 Å². The fourth-order valence-corrected chi connectivity index (χ4v) is 5.89. The van der Waals surface area contributed by atoms with E-state index >= 15 is 0 Å². The largest absolute Gasteiger partial charge is 0.480 e. The molecule has 2 aromatic rings. The summed E-state index contributed by atoms with van der Waals surface area (Å²) in [4.78, 5) is 38.6. The van der Waals surface area contributed by atoms with Crippen molar-refractivity contribution in [1.82, 2.24) is 10.2 Å². The summed E-state index contributed by atoms with van der Waals surface area (Å²) in [6.45, 7) is 3.01. The van der Waals surface area contributed by atoms with E-state index in [1.165, 1.54) is 22.9 Å². The molecule has 1 aliphatic carbocycles. The minimum absolute atomic E-state index is 0.0253. The van der Waals surface area contributed by atoms with Gasteiger partial charge in [-0.05, 0) is 28.7 Å². The van der Waals surface area contributed by atoms with Crippen LogP contribution in [0.2, 0.25) is 0 Å². The van der Waals surface area contributed by atoms with Crippen LogP contribution in [0, 0.1) is 0 Å². The third-order valence-electron chi connectivity index (χ3n) is 6.69. The number of carboxylic acid groups (broad SMARTS) is 1. The molecule has 1 fully saturated rings. The number of unbranched alkanes of at least 4 members (excludes halogenated alkanes) is 1. The number of nitrogens with zero attached hydrogens (tertiary/aromatic N) is 1. The summed E-state index contributed by atoms with van der Waals surface area (Å²) >= 11 is 1.36. The average Bonchev–Trinajstić information content (AvgIpc) is 3.19. The Bertz CT molecular complexity index is 1030. The van der Waals surface area contributed by atoms with Crippen molar-refractivity contribution in [2.24, 2.45) is 0 Å². The first-order chi connectivity index (χ1) is 17.0. The van der Waals surface area contributed by atoms with Crippen LogP contribution in [0.4, 0.5) is 4.79 Å². The number of hydrogen-bond acceptors (Lipinski definition) is 5. The zero-order chi connectivity index (χ0) is 24.8. The van der Waals surface area contributed by atoms with E-state index in [9.17, 15) is 19.5 Å². The normalized spacial score (nSPS) is 17.9. The minimum atomic E-state index is -0.896. The minimum Gasteiger partial charge on any atom is -0.480 e. The number of carboxylic acids is 1. The van der Waals surface area contributed by atoms with Gasteiger partial charge in [0.2, 0.25) is 5.91 Å². The molecule has 1 saturated heterocycles. The highest BCUT2D eigenvalue weighted by Gasteiger charge is 2.31. The predicted octanol–water partition coefficient (Wildman–Crippen LogP) is 4.50. The van der Waals surface area contributed by atoms with Crippen LogP contribution in [0.15, 0.2) is 48.5 Å². The number of carbonyl (C=O) groups is 3. The Kier molecular flexibility index (Phi) is 8.33. The number of alkyl carbamates (subject to hydrolysis) is 1. The standard InChI is InChI=1S/C27H32N2O5S/c1-2-3-8-18(15-25(30)29-13-14-35-24(16-29)26(31)32)28-27(33)34-17-23-21-11-6-4-9-19(21)20-10-5-7-12-22(20)23/h4-7,9-12,18,23-24H,2-3,8,13-17H2,1H3,(H,28,33)(H,31,32). The van der Waals surface area contributed by atoms with Gasteiger partial charge in [0.05, 0.1) is 0 Å². The summed E-state index contributed by atoms with van der Waals surface area (Å²) in [6, 6.07) is 16.0. The van der Waals surface area contributed by atoms with Crippen LogP contribution >= 0.6 is 11.8 Å². The first-order valence-electron chi connectivity index (χ1n) is 12.2. The number of rotatable bonds is 9. The highest BCUT2D eigenvalue weighted by atomic mass is 32.2. The molecule has 0 bridgehead atoms. The Morgan fingerprint density at radius 2 is 1.77 bits per heavy atom. The van der Waals surface area contributed by atoms with Crippen LogP contribution in [0.1, 0.15) is 49.7 Å². The van der Waals surface area contributed by atoms with Crippen LogP contribution in [0.3, 0.4) is 0 Å². The summed E-state index contributed by atoms with van der Waals surface area (Å²) in [5.74, 6) is -0.451. The second-order valence-corrected chi connectivity index (χ2v) is 10.4. The fourth-order valence-electron chi connectivity index (χ4n) is 4.85. The van der Waals surface area contributed by atoms with E-state index in [1.54, 1.807) is 4.90 Å². The quantitative estimate of drug-likeness (QED) is 0.531. The van der Waals surface area contributed by atoms with E-state index in [0.29, 0.717) is 18.7 Å². The zero-order valence-corrected chi connectivity index (χ0v) is 20.8. The summed E-state index contributed by atoms with van der Waals surface area (Å²) in [5.41, 5.74) is 4.64. The lowest BCUT2D eigenvalue weighted by Crippen LogP contribution is -2.47. The van der Waals surface area contributed by atoms with E-state index in [1.807, 2.05) is 24.3 Å². The molecule has 7 nitrogen and oxygen atoms in total. The molecule has 2 amide bonds. The van der Waals surface area contributed by atoms with Crippen molar-refractivity contribution in [3.63, 3.8) is 0 Å². The fraction of sp³-hybridized carbons (Fsp3) is 0.444. The Balaban J connectivity index is 1.36. The van der Waals surface area contributed by atoms with Gasteiger partial charge in [-0.15, -0.1) is 11.8 Å². The summed E-state index contributed by atoms with van der Waals surface area (Å²) < 4.78 is 5.67. The Morgan fingerprint density at radius 3 is 2.40 bits per heavy atom. The van der Waals surface area contributed by atoms with Crippen LogP contribution in [-0.2, 0) is 14.3 Å². The number of ether oxygens (including phenoxy) is 1. The molecule has 2 N–H and O–H groups in total.